The first-order chi connectivity index (χ1) is 9.38. The van der Waals surface area contributed by atoms with Gasteiger partial charge in [0.25, 0.3) is 0 Å². The third-order valence-corrected chi connectivity index (χ3v) is 4.64. The second kappa shape index (κ2) is 5.80. The monoisotopic (exact) mass is 273 g/mol. The second-order valence-corrected chi connectivity index (χ2v) is 5.92. The minimum atomic E-state index is 0.345. The van der Waals surface area contributed by atoms with Crippen molar-refractivity contribution in [2.45, 2.75) is 44.7 Å². The van der Waals surface area contributed by atoms with Crippen LogP contribution in [-0.4, -0.2) is 9.97 Å². The number of thiazole rings is 1. The first-order valence-electron chi connectivity index (χ1n) is 6.97. The van der Waals surface area contributed by atoms with Crippen molar-refractivity contribution in [3.05, 3.63) is 46.2 Å². The Kier molecular flexibility index (Phi) is 3.89. The summed E-state index contributed by atoms with van der Waals surface area (Å²) in [7, 11) is 0. The minimum absolute atomic E-state index is 0.345. The van der Waals surface area contributed by atoms with Gasteiger partial charge in [0.1, 0.15) is 5.01 Å². The number of aromatic nitrogens is 2. The van der Waals surface area contributed by atoms with E-state index in [2.05, 4.69) is 28.3 Å². The van der Waals surface area contributed by atoms with Gasteiger partial charge < -0.3 is 0 Å². The molecule has 3 rings (SSSR count). The lowest BCUT2D eigenvalue weighted by Crippen LogP contribution is -2.29. The molecule has 1 aliphatic rings. The molecule has 0 bridgehead atoms. The van der Waals surface area contributed by atoms with Crippen LogP contribution in [0.1, 0.15) is 54.5 Å². The van der Waals surface area contributed by atoms with Crippen LogP contribution in [0.15, 0.2) is 29.9 Å². The molecule has 0 radical (unpaired) electrons. The first kappa shape index (κ1) is 12.8. The van der Waals surface area contributed by atoms with Gasteiger partial charge in [-0.2, -0.15) is 0 Å². The summed E-state index contributed by atoms with van der Waals surface area (Å²) in [5.74, 6) is 0. The van der Waals surface area contributed by atoms with E-state index in [1.165, 1.54) is 29.1 Å². The summed E-state index contributed by atoms with van der Waals surface area (Å²) >= 11 is 1.73. The largest absolute Gasteiger partial charge is 0.300 e. The number of nitrogens with one attached hydrogen (secondary N) is 1. The lowest BCUT2D eigenvalue weighted by atomic mass is 9.91. The van der Waals surface area contributed by atoms with Gasteiger partial charge in [-0.1, -0.05) is 13.0 Å². The van der Waals surface area contributed by atoms with E-state index in [4.69, 9.17) is 0 Å². The molecule has 0 aliphatic heterocycles. The minimum Gasteiger partial charge on any atom is -0.300 e. The highest BCUT2D eigenvalue weighted by Gasteiger charge is 2.24. The van der Waals surface area contributed by atoms with Crippen molar-refractivity contribution < 1.29 is 0 Å². The average Bonchev–Trinajstić information content (AvgIpc) is 2.99. The van der Waals surface area contributed by atoms with Crippen molar-refractivity contribution >= 4 is 11.3 Å². The van der Waals surface area contributed by atoms with E-state index in [-0.39, 0.29) is 0 Å². The maximum atomic E-state index is 4.59. The summed E-state index contributed by atoms with van der Waals surface area (Å²) in [6.45, 7) is 2.21. The highest BCUT2D eigenvalue weighted by atomic mass is 32.1. The van der Waals surface area contributed by atoms with Crippen molar-refractivity contribution in [2.24, 2.45) is 0 Å². The molecule has 0 amide bonds. The molecule has 19 heavy (non-hydrogen) atoms. The Morgan fingerprint density at radius 2 is 2.37 bits per heavy atom. The quantitative estimate of drug-likeness (QED) is 0.924. The molecule has 1 aliphatic carbocycles. The number of fused-ring (bicyclic) bond motifs is 1. The zero-order valence-corrected chi connectivity index (χ0v) is 12.0. The van der Waals surface area contributed by atoms with Gasteiger partial charge in [-0.05, 0) is 37.3 Å². The normalized spacial score (nSPS) is 19.9. The average molecular weight is 273 g/mol. The summed E-state index contributed by atoms with van der Waals surface area (Å²) in [6, 6.07) is 4.97. The molecule has 2 atom stereocenters. The van der Waals surface area contributed by atoms with Crippen LogP contribution < -0.4 is 5.32 Å². The van der Waals surface area contributed by atoms with Gasteiger partial charge in [0.2, 0.25) is 0 Å². The highest BCUT2D eigenvalue weighted by molar-refractivity contribution is 7.09. The summed E-state index contributed by atoms with van der Waals surface area (Å²) in [5, 5.41) is 6.98. The van der Waals surface area contributed by atoms with Crippen LogP contribution in [0.5, 0.6) is 0 Å². The topological polar surface area (TPSA) is 37.8 Å². The second-order valence-electron chi connectivity index (χ2n) is 4.99. The van der Waals surface area contributed by atoms with Crippen molar-refractivity contribution in [2.75, 3.05) is 0 Å². The molecule has 0 fully saturated rings. The van der Waals surface area contributed by atoms with Crippen LogP contribution in [0.2, 0.25) is 0 Å². The molecule has 2 aromatic rings. The fourth-order valence-electron chi connectivity index (χ4n) is 2.78. The third kappa shape index (κ3) is 2.69. The van der Waals surface area contributed by atoms with Crippen LogP contribution in [0.3, 0.4) is 0 Å². The molecular formula is C15H19N3S. The third-order valence-electron chi connectivity index (χ3n) is 3.76. The summed E-state index contributed by atoms with van der Waals surface area (Å²) in [5.41, 5.74) is 2.64. The lowest BCUT2D eigenvalue weighted by molar-refractivity contribution is 0.385. The fraction of sp³-hybridized carbons (Fsp3) is 0.467. The molecule has 0 saturated heterocycles. The van der Waals surface area contributed by atoms with Crippen molar-refractivity contribution in [3.63, 3.8) is 0 Å². The van der Waals surface area contributed by atoms with Gasteiger partial charge in [-0.3, -0.25) is 10.3 Å². The van der Waals surface area contributed by atoms with E-state index in [9.17, 15) is 0 Å². The van der Waals surface area contributed by atoms with Crippen LogP contribution in [-0.2, 0) is 6.42 Å². The smallest absolute Gasteiger partial charge is 0.109 e. The molecule has 0 spiro atoms. The summed E-state index contributed by atoms with van der Waals surface area (Å²) in [4.78, 5) is 9.03. The van der Waals surface area contributed by atoms with E-state index in [0.29, 0.717) is 12.1 Å². The van der Waals surface area contributed by atoms with Gasteiger partial charge in [0.15, 0.2) is 0 Å². The number of aryl methyl sites for hydroxylation is 1. The van der Waals surface area contributed by atoms with Crippen LogP contribution >= 0.6 is 11.3 Å². The van der Waals surface area contributed by atoms with Crippen molar-refractivity contribution in [1.82, 2.24) is 15.3 Å². The van der Waals surface area contributed by atoms with Gasteiger partial charge in [-0.25, -0.2) is 4.98 Å². The SMILES string of the molecule is CCC(NC1CCCc2cccnc21)c1nccs1. The molecule has 0 saturated carbocycles. The lowest BCUT2D eigenvalue weighted by Gasteiger charge is -2.28. The molecular weight excluding hydrogens is 254 g/mol. The van der Waals surface area contributed by atoms with Crippen molar-refractivity contribution in [3.8, 4) is 0 Å². The Labute approximate surface area is 118 Å². The van der Waals surface area contributed by atoms with Gasteiger partial charge >= 0.3 is 0 Å². The van der Waals surface area contributed by atoms with E-state index in [1.807, 2.05) is 23.8 Å². The van der Waals surface area contributed by atoms with E-state index < -0.39 is 0 Å². The van der Waals surface area contributed by atoms with E-state index >= 15 is 0 Å². The Morgan fingerprint density at radius 1 is 1.42 bits per heavy atom. The van der Waals surface area contributed by atoms with Crippen molar-refractivity contribution in [1.29, 1.82) is 0 Å². The Hall–Kier alpha value is -1.26. The van der Waals surface area contributed by atoms with Gasteiger partial charge in [0, 0.05) is 17.8 Å². The van der Waals surface area contributed by atoms with E-state index in [1.54, 1.807) is 11.3 Å². The number of hydrogen-bond donors (Lipinski definition) is 1. The number of pyridine rings is 1. The summed E-state index contributed by atoms with van der Waals surface area (Å²) < 4.78 is 0. The van der Waals surface area contributed by atoms with Gasteiger partial charge in [-0.15, -0.1) is 11.3 Å². The standard InChI is InChI=1S/C15H19N3S/c1-2-12(15-17-9-10-19-15)18-13-7-3-5-11-6-4-8-16-14(11)13/h4,6,8-10,12-13,18H,2-3,5,7H2,1H3. The highest BCUT2D eigenvalue weighted by Crippen LogP contribution is 2.31. The Bertz CT molecular complexity index is 524. The maximum absolute atomic E-state index is 4.59. The zero-order chi connectivity index (χ0) is 13.1. The van der Waals surface area contributed by atoms with Crippen LogP contribution in [0.4, 0.5) is 0 Å². The Morgan fingerprint density at radius 3 is 3.16 bits per heavy atom. The predicted octanol–water partition coefficient (Wildman–Crippen LogP) is 3.66. The van der Waals surface area contributed by atoms with Gasteiger partial charge in [0.05, 0.1) is 17.8 Å². The fourth-order valence-corrected chi connectivity index (χ4v) is 3.57. The first-order valence-corrected chi connectivity index (χ1v) is 7.85. The maximum Gasteiger partial charge on any atom is 0.109 e. The molecule has 3 nitrogen and oxygen atoms in total. The molecule has 2 aromatic heterocycles. The number of hydrogen-bond acceptors (Lipinski definition) is 4. The molecule has 1 N–H and O–H groups in total. The molecule has 2 heterocycles. The molecule has 0 aromatic carbocycles. The number of nitrogens with zero attached hydrogens (tertiary/aromatic N) is 2. The molecule has 2 unspecified atom stereocenters. The van der Waals surface area contributed by atoms with Crippen LogP contribution in [0.25, 0.3) is 0 Å². The zero-order valence-electron chi connectivity index (χ0n) is 11.2. The molecule has 100 valence electrons. The van der Waals surface area contributed by atoms with Crippen LogP contribution in [0, 0.1) is 0 Å². The summed E-state index contributed by atoms with van der Waals surface area (Å²) in [6.07, 6.45) is 8.43. The number of rotatable bonds is 4. The molecule has 4 heteroatoms. The Balaban J connectivity index is 1.80. The predicted molar refractivity (Wildman–Crippen MR) is 78.2 cm³/mol. The van der Waals surface area contributed by atoms with E-state index in [0.717, 1.165) is 12.8 Å².